The Labute approximate surface area is 122 Å². The SMILES string of the molecule is CCCc1cc(=O)[nH]c(Sc2ccc(CO)c(C)c2)n1. The fourth-order valence-electron chi connectivity index (χ4n) is 1.94. The maximum atomic E-state index is 11.6. The summed E-state index contributed by atoms with van der Waals surface area (Å²) in [5.74, 6) is 0. The van der Waals surface area contributed by atoms with Gasteiger partial charge in [0.1, 0.15) is 0 Å². The zero-order chi connectivity index (χ0) is 14.5. The second-order valence-corrected chi connectivity index (χ2v) is 5.70. The van der Waals surface area contributed by atoms with Crippen molar-refractivity contribution < 1.29 is 5.11 Å². The fraction of sp³-hybridized carbons (Fsp3) is 0.333. The Hall–Kier alpha value is -1.59. The largest absolute Gasteiger partial charge is 0.392 e. The number of aromatic amines is 1. The zero-order valence-electron chi connectivity index (χ0n) is 11.6. The highest BCUT2D eigenvalue weighted by Gasteiger charge is 2.05. The van der Waals surface area contributed by atoms with Crippen molar-refractivity contribution in [2.45, 2.75) is 43.3 Å². The van der Waals surface area contributed by atoms with Crippen molar-refractivity contribution in [1.82, 2.24) is 9.97 Å². The van der Waals surface area contributed by atoms with Crippen LogP contribution in [0.1, 0.15) is 30.2 Å². The van der Waals surface area contributed by atoms with E-state index in [9.17, 15) is 4.79 Å². The molecule has 2 rings (SSSR count). The predicted octanol–water partition coefficient (Wildman–Crippen LogP) is 2.67. The molecule has 0 amide bonds. The number of nitrogens with zero attached hydrogens (tertiary/aromatic N) is 1. The van der Waals surface area contributed by atoms with Crippen molar-refractivity contribution in [3.05, 3.63) is 51.4 Å². The van der Waals surface area contributed by atoms with Gasteiger partial charge in [-0.05, 0) is 36.6 Å². The molecule has 0 spiro atoms. The first-order chi connectivity index (χ1) is 9.62. The summed E-state index contributed by atoms with van der Waals surface area (Å²) in [6.45, 7) is 4.06. The van der Waals surface area contributed by atoms with E-state index in [1.807, 2.05) is 25.1 Å². The van der Waals surface area contributed by atoms with Crippen LogP contribution in [0, 0.1) is 6.92 Å². The van der Waals surface area contributed by atoms with Gasteiger partial charge in [0.2, 0.25) is 0 Å². The Bertz CT molecular complexity index is 653. The minimum Gasteiger partial charge on any atom is -0.392 e. The average molecular weight is 290 g/mol. The molecule has 1 aromatic carbocycles. The molecule has 0 aliphatic rings. The minimum atomic E-state index is -0.116. The number of benzene rings is 1. The van der Waals surface area contributed by atoms with Gasteiger partial charge in [-0.3, -0.25) is 4.79 Å². The second kappa shape index (κ2) is 6.72. The molecule has 0 atom stereocenters. The topological polar surface area (TPSA) is 66.0 Å². The van der Waals surface area contributed by atoms with Crippen molar-refractivity contribution in [2.24, 2.45) is 0 Å². The van der Waals surface area contributed by atoms with Crippen LogP contribution in [0.5, 0.6) is 0 Å². The van der Waals surface area contributed by atoms with E-state index in [-0.39, 0.29) is 12.2 Å². The molecule has 0 aliphatic carbocycles. The first-order valence-corrected chi connectivity index (χ1v) is 7.42. The van der Waals surface area contributed by atoms with Crippen molar-refractivity contribution in [3.8, 4) is 0 Å². The van der Waals surface area contributed by atoms with E-state index in [1.54, 1.807) is 6.07 Å². The number of nitrogens with one attached hydrogen (secondary N) is 1. The minimum absolute atomic E-state index is 0.0395. The van der Waals surface area contributed by atoms with Crippen molar-refractivity contribution >= 4 is 11.8 Å². The molecule has 0 bridgehead atoms. The van der Waals surface area contributed by atoms with Crippen molar-refractivity contribution in [3.63, 3.8) is 0 Å². The summed E-state index contributed by atoms with van der Waals surface area (Å²) in [4.78, 5) is 19.8. The van der Waals surface area contributed by atoms with E-state index < -0.39 is 0 Å². The molecule has 2 N–H and O–H groups in total. The van der Waals surface area contributed by atoms with Gasteiger partial charge < -0.3 is 10.1 Å². The van der Waals surface area contributed by atoms with E-state index in [1.165, 1.54) is 11.8 Å². The van der Waals surface area contributed by atoms with Crippen LogP contribution in [-0.2, 0) is 13.0 Å². The van der Waals surface area contributed by atoms with Gasteiger partial charge in [-0.2, -0.15) is 0 Å². The number of aliphatic hydroxyl groups is 1. The molecule has 0 saturated carbocycles. The molecule has 0 aliphatic heterocycles. The Morgan fingerprint density at radius 3 is 2.80 bits per heavy atom. The third-order valence-corrected chi connectivity index (χ3v) is 3.85. The third-order valence-electron chi connectivity index (χ3n) is 2.98. The summed E-state index contributed by atoms with van der Waals surface area (Å²) >= 11 is 1.43. The quantitative estimate of drug-likeness (QED) is 0.831. The van der Waals surface area contributed by atoms with Gasteiger partial charge >= 0.3 is 0 Å². The Balaban J connectivity index is 2.25. The Morgan fingerprint density at radius 2 is 2.15 bits per heavy atom. The van der Waals surface area contributed by atoms with Crippen LogP contribution in [0.25, 0.3) is 0 Å². The summed E-state index contributed by atoms with van der Waals surface area (Å²) in [5, 5.41) is 9.77. The molecule has 2 aromatic rings. The van der Waals surface area contributed by atoms with Gasteiger partial charge in [0, 0.05) is 16.7 Å². The fourth-order valence-corrected chi connectivity index (χ4v) is 2.85. The lowest BCUT2D eigenvalue weighted by Gasteiger charge is -2.06. The smallest absolute Gasteiger partial charge is 0.251 e. The summed E-state index contributed by atoms with van der Waals surface area (Å²) in [6, 6.07) is 7.36. The summed E-state index contributed by atoms with van der Waals surface area (Å²) in [5.41, 5.74) is 2.65. The predicted molar refractivity (Wildman–Crippen MR) is 80.1 cm³/mol. The second-order valence-electron chi connectivity index (χ2n) is 4.64. The van der Waals surface area contributed by atoms with E-state index in [4.69, 9.17) is 5.11 Å². The summed E-state index contributed by atoms with van der Waals surface area (Å²) in [6.07, 6.45) is 1.77. The first kappa shape index (κ1) is 14.8. The Kier molecular flexibility index (Phi) is 4.98. The molecule has 4 nitrogen and oxygen atoms in total. The summed E-state index contributed by atoms with van der Waals surface area (Å²) in [7, 11) is 0. The number of hydrogen-bond acceptors (Lipinski definition) is 4. The molecule has 1 heterocycles. The van der Waals surface area contributed by atoms with E-state index in [0.717, 1.165) is 34.6 Å². The van der Waals surface area contributed by atoms with Crippen molar-refractivity contribution in [1.29, 1.82) is 0 Å². The van der Waals surface area contributed by atoms with Crippen LogP contribution >= 0.6 is 11.8 Å². The number of aliphatic hydroxyl groups excluding tert-OH is 1. The highest BCUT2D eigenvalue weighted by atomic mass is 32.2. The monoisotopic (exact) mass is 290 g/mol. The molecule has 0 unspecified atom stereocenters. The summed E-state index contributed by atoms with van der Waals surface area (Å²) < 4.78 is 0. The van der Waals surface area contributed by atoms with Gasteiger partial charge in [0.05, 0.1) is 6.61 Å². The number of H-pyrrole nitrogens is 1. The van der Waals surface area contributed by atoms with E-state index in [2.05, 4.69) is 16.9 Å². The van der Waals surface area contributed by atoms with Crippen LogP contribution in [0.3, 0.4) is 0 Å². The number of hydrogen-bond donors (Lipinski definition) is 2. The average Bonchev–Trinajstić information content (AvgIpc) is 2.38. The van der Waals surface area contributed by atoms with Crippen LogP contribution in [0.15, 0.2) is 39.1 Å². The molecule has 0 radical (unpaired) electrons. The molecule has 1 aromatic heterocycles. The van der Waals surface area contributed by atoms with Gasteiger partial charge in [-0.25, -0.2) is 4.98 Å². The van der Waals surface area contributed by atoms with Crippen LogP contribution < -0.4 is 5.56 Å². The number of aryl methyl sites for hydroxylation is 2. The zero-order valence-corrected chi connectivity index (χ0v) is 12.5. The maximum absolute atomic E-state index is 11.6. The highest BCUT2D eigenvalue weighted by molar-refractivity contribution is 7.99. The van der Waals surface area contributed by atoms with Gasteiger partial charge in [-0.1, -0.05) is 31.2 Å². The van der Waals surface area contributed by atoms with Gasteiger partial charge in [-0.15, -0.1) is 0 Å². The van der Waals surface area contributed by atoms with Crippen LogP contribution in [0.4, 0.5) is 0 Å². The third kappa shape index (κ3) is 3.71. The highest BCUT2D eigenvalue weighted by Crippen LogP contribution is 2.26. The lowest BCUT2D eigenvalue weighted by Crippen LogP contribution is -2.09. The number of aromatic nitrogens is 2. The molecule has 106 valence electrons. The number of rotatable bonds is 5. The first-order valence-electron chi connectivity index (χ1n) is 6.61. The van der Waals surface area contributed by atoms with E-state index in [0.29, 0.717) is 5.16 Å². The lowest BCUT2D eigenvalue weighted by atomic mass is 10.1. The standard InChI is InChI=1S/C15H18N2O2S/c1-3-4-12-8-14(19)17-15(16-12)20-13-6-5-11(9-18)10(2)7-13/h5-8,18H,3-4,9H2,1-2H3,(H,16,17,19). The normalized spacial score (nSPS) is 10.8. The van der Waals surface area contributed by atoms with Crippen LogP contribution in [0.2, 0.25) is 0 Å². The molecule has 0 fully saturated rings. The maximum Gasteiger partial charge on any atom is 0.251 e. The molecule has 0 saturated heterocycles. The van der Waals surface area contributed by atoms with Gasteiger partial charge in [0.15, 0.2) is 5.16 Å². The van der Waals surface area contributed by atoms with Crippen molar-refractivity contribution in [2.75, 3.05) is 0 Å². The van der Waals surface area contributed by atoms with Gasteiger partial charge in [0.25, 0.3) is 5.56 Å². The molecule has 5 heteroatoms. The molecular formula is C15H18N2O2S. The lowest BCUT2D eigenvalue weighted by molar-refractivity contribution is 0.281. The Morgan fingerprint density at radius 1 is 1.35 bits per heavy atom. The molecular weight excluding hydrogens is 272 g/mol. The van der Waals surface area contributed by atoms with Crippen LogP contribution in [-0.4, -0.2) is 15.1 Å². The molecule has 20 heavy (non-hydrogen) atoms. The van der Waals surface area contributed by atoms with E-state index >= 15 is 0 Å².